The summed E-state index contributed by atoms with van der Waals surface area (Å²) < 4.78 is 0. The largest absolute Gasteiger partial charge is 0.508 e. The number of hydrogen-bond acceptors (Lipinski definition) is 14. The number of carbonyl (C=O) groups excluding carboxylic acids is 11. The van der Waals surface area contributed by atoms with E-state index in [-0.39, 0.29) is 61.8 Å². The summed E-state index contributed by atoms with van der Waals surface area (Å²) in [4.78, 5) is 148. The van der Waals surface area contributed by atoms with Crippen LogP contribution in [0, 0.1) is 11.8 Å². The number of primary amides is 3. The number of aromatic hydroxyl groups is 1. The van der Waals surface area contributed by atoms with Gasteiger partial charge in [-0.2, -0.15) is 0 Å². The molecule has 1 aromatic rings. The van der Waals surface area contributed by atoms with Crippen molar-refractivity contribution in [3.8, 4) is 5.75 Å². The summed E-state index contributed by atoms with van der Waals surface area (Å²) in [6, 6.07) is -3.44. The molecule has 0 spiro atoms. The lowest BCUT2D eigenvalue weighted by Gasteiger charge is -2.31. The van der Waals surface area contributed by atoms with Crippen LogP contribution in [0.15, 0.2) is 24.3 Å². The molecule has 23 nitrogen and oxygen atoms in total. The average Bonchev–Trinajstić information content (AvgIpc) is 3.77. The van der Waals surface area contributed by atoms with Gasteiger partial charge < -0.3 is 64.4 Å². The highest BCUT2D eigenvalue weighted by Gasteiger charge is 2.41. The molecule has 14 N–H and O–H groups in total. The zero-order valence-corrected chi connectivity index (χ0v) is 40.3. The molecular formula is C43H65N11O12S2. The molecule has 8 atom stereocenters. The first-order chi connectivity index (χ1) is 32.1. The normalized spacial score (nSPS) is 23.4. The van der Waals surface area contributed by atoms with Gasteiger partial charge in [0.2, 0.25) is 65.0 Å². The van der Waals surface area contributed by atoms with Crippen molar-refractivity contribution in [1.82, 2.24) is 42.1 Å². The first kappa shape index (κ1) is 56.2. The molecule has 0 radical (unpaired) electrons. The van der Waals surface area contributed by atoms with E-state index in [1.807, 2.05) is 13.8 Å². The number of nitrogens with one attached hydrogen (secondary N) is 7. The number of rotatable bonds is 17. The standard InChI is InChI=1S/C43H65N11O12S2/c1-5-23(4)36-42(65)49-26(12-13-32(44)56)38(61)50-29(19-33(45)57)39(62)52-30(21-68-67-16-14-35(59)48-28(40(63)53-36)18-24-8-10-25(55)11-9-24)43(66)54-15-6-7-31(54)41(64)51-27(17-22(2)3)37(60)47-20-34(46)58/h8-11,22-23,26-31,36,55H,5-7,12-21H2,1-4H3,(H2,44,56)(H2,45,57)(H2,46,58)(H,47,60)(H,48,59)(H,49,65)(H,50,61)(H,51,64)(H,52,62)(H,53,63)/t23-,26?,27-,28?,29-,30?,31-,36-/m0/s1. The molecule has 68 heavy (non-hydrogen) atoms. The lowest BCUT2D eigenvalue weighted by Crippen LogP contribution is -2.61. The maximum atomic E-state index is 14.5. The first-order valence-electron chi connectivity index (χ1n) is 22.4. The highest BCUT2D eigenvalue weighted by molar-refractivity contribution is 8.76. The van der Waals surface area contributed by atoms with Crippen LogP contribution in [0.3, 0.4) is 0 Å². The maximum Gasteiger partial charge on any atom is 0.246 e. The van der Waals surface area contributed by atoms with Gasteiger partial charge in [-0.05, 0) is 55.2 Å². The molecule has 2 aliphatic rings. The number of amides is 11. The third-order valence-corrected chi connectivity index (χ3v) is 13.5. The molecule has 2 aliphatic heterocycles. The summed E-state index contributed by atoms with van der Waals surface area (Å²) in [7, 11) is 2.24. The monoisotopic (exact) mass is 991 g/mol. The van der Waals surface area contributed by atoms with Gasteiger partial charge in [0.15, 0.2) is 0 Å². The van der Waals surface area contributed by atoms with E-state index in [0.29, 0.717) is 18.4 Å². The Morgan fingerprint density at radius 2 is 1.46 bits per heavy atom. The summed E-state index contributed by atoms with van der Waals surface area (Å²) in [6.45, 7) is 6.68. The van der Waals surface area contributed by atoms with Gasteiger partial charge in [-0.1, -0.05) is 67.8 Å². The molecule has 0 saturated carbocycles. The van der Waals surface area contributed by atoms with E-state index in [9.17, 15) is 57.8 Å². The van der Waals surface area contributed by atoms with Crippen LogP contribution >= 0.6 is 21.6 Å². The topological polar surface area (TPSA) is 374 Å². The molecule has 0 aliphatic carbocycles. The number of hydrogen-bond donors (Lipinski definition) is 11. The van der Waals surface area contributed by atoms with Gasteiger partial charge in [-0.25, -0.2) is 0 Å². The highest BCUT2D eigenvalue weighted by Crippen LogP contribution is 2.26. The number of phenolic OH excluding ortho intramolecular Hbond substituents is 1. The van der Waals surface area contributed by atoms with Gasteiger partial charge in [0.25, 0.3) is 0 Å². The SMILES string of the molecule is CC[C@H](C)[C@@H]1NC(=O)C(Cc2ccc(O)cc2)NC(=O)CCSSCC(C(=O)N2CCC[C@H]2C(=O)N[C@@H](CC(C)C)C(=O)NCC(N)=O)NC(=O)[C@H](CC(N)=O)NC(=O)C(CCC(N)=O)NC1=O. The molecule has 1 aromatic carbocycles. The number of likely N-dealkylation sites (tertiary alicyclic amines) is 1. The number of carbonyl (C=O) groups is 11. The summed E-state index contributed by atoms with van der Waals surface area (Å²) in [6.07, 6.45) is -0.630. The van der Waals surface area contributed by atoms with Gasteiger partial charge >= 0.3 is 0 Å². The lowest BCUT2D eigenvalue weighted by molar-refractivity contribution is -0.142. The Bertz CT molecular complexity index is 2010. The van der Waals surface area contributed by atoms with E-state index in [1.54, 1.807) is 26.0 Å². The van der Waals surface area contributed by atoms with E-state index < -0.39 is 133 Å². The quantitative estimate of drug-likeness (QED) is 0.0717. The fraction of sp³-hybridized carbons (Fsp3) is 0.605. The first-order valence-corrected chi connectivity index (χ1v) is 24.8. The molecule has 3 rings (SSSR count). The predicted octanol–water partition coefficient (Wildman–Crippen LogP) is -2.55. The third-order valence-electron chi connectivity index (χ3n) is 11.1. The third kappa shape index (κ3) is 18.5. The van der Waals surface area contributed by atoms with Crippen LogP contribution in [0.2, 0.25) is 0 Å². The van der Waals surface area contributed by atoms with E-state index >= 15 is 0 Å². The smallest absolute Gasteiger partial charge is 0.246 e. The molecule has 2 heterocycles. The van der Waals surface area contributed by atoms with Crippen molar-refractivity contribution < 1.29 is 57.8 Å². The second kappa shape index (κ2) is 27.6. The molecule has 0 aromatic heterocycles. The molecule has 376 valence electrons. The zero-order valence-electron chi connectivity index (χ0n) is 38.6. The average molecular weight is 992 g/mol. The minimum absolute atomic E-state index is 0.0255. The second-order valence-corrected chi connectivity index (χ2v) is 19.8. The van der Waals surface area contributed by atoms with Crippen LogP contribution in [-0.2, 0) is 59.2 Å². The van der Waals surface area contributed by atoms with Crippen LogP contribution in [-0.4, -0.2) is 142 Å². The van der Waals surface area contributed by atoms with Crippen molar-refractivity contribution in [3.05, 3.63) is 29.8 Å². The van der Waals surface area contributed by atoms with Crippen molar-refractivity contribution in [3.63, 3.8) is 0 Å². The van der Waals surface area contributed by atoms with Crippen molar-refractivity contribution in [1.29, 1.82) is 0 Å². The van der Waals surface area contributed by atoms with Crippen molar-refractivity contribution >= 4 is 86.6 Å². The number of benzene rings is 1. The number of phenols is 1. The Balaban J connectivity index is 2.02. The second-order valence-electron chi connectivity index (χ2n) is 17.1. The van der Waals surface area contributed by atoms with Crippen LogP contribution < -0.4 is 54.4 Å². The molecule has 3 unspecified atom stereocenters. The van der Waals surface area contributed by atoms with Gasteiger partial charge in [0.05, 0.1) is 13.0 Å². The van der Waals surface area contributed by atoms with Crippen LogP contribution in [0.1, 0.15) is 84.6 Å². The molecule has 11 amide bonds. The molecule has 2 fully saturated rings. The van der Waals surface area contributed by atoms with Crippen molar-refractivity contribution in [2.24, 2.45) is 29.0 Å². The predicted molar refractivity (Wildman–Crippen MR) is 251 cm³/mol. The fourth-order valence-corrected chi connectivity index (χ4v) is 9.47. The van der Waals surface area contributed by atoms with E-state index in [4.69, 9.17) is 17.2 Å². The van der Waals surface area contributed by atoms with Gasteiger partial charge in [0, 0.05) is 37.3 Å². The Labute approximate surface area is 402 Å². The Hall–Kier alpha value is -6.11. The molecule has 2 saturated heterocycles. The van der Waals surface area contributed by atoms with Gasteiger partial charge in [-0.3, -0.25) is 52.7 Å². The van der Waals surface area contributed by atoms with Crippen LogP contribution in [0.5, 0.6) is 5.75 Å². The lowest BCUT2D eigenvalue weighted by atomic mass is 9.96. The zero-order chi connectivity index (χ0) is 50.7. The number of nitrogens with two attached hydrogens (primary N) is 3. The van der Waals surface area contributed by atoms with Crippen molar-refractivity contribution in [2.45, 2.75) is 128 Å². The van der Waals surface area contributed by atoms with E-state index in [1.165, 1.54) is 17.0 Å². The molecular weight excluding hydrogens is 927 g/mol. The maximum absolute atomic E-state index is 14.5. The van der Waals surface area contributed by atoms with E-state index in [0.717, 1.165) is 21.6 Å². The minimum Gasteiger partial charge on any atom is -0.508 e. The van der Waals surface area contributed by atoms with E-state index in [2.05, 4.69) is 37.2 Å². The summed E-state index contributed by atoms with van der Waals surface area (Å²) >= 11 is 0. The van der Waals surface area contributed by atoms with Crippen molar-refractivity contribution in [2.75, 3.05) is 24.6 Å². The summed E-state index contributed by atoms with van der Waals surface area (Å²) in [5.74, 6) is -9.59. The van der Waals surface area contributed by atoms with Crippen LogP contribution in [0.4, 0.5) is 0 Å². The fourth-order valence-electron chi connectivity index (χ4n) is 7.33. The number of nitrogens with zero attached hydrogens (tertiary/aromatic N) is 1. The van der Waals surface area contributed by atoms with Gasteiger partial charge in [0.1, 0.15) is 48.0 Å². The summed E-state index contributed by atoms with van der Waals surface area (Å²) in [5.41, 5.74) is 16.7. The Morgan fingerprint density at radius 3 is 2.07 bits per heavy atom. The molecule has 25 heteroatoms. The summed E-state index contributed by atoms with van der Waals surface area (Å²) in [5, 5.41) is 27.8. The minimum atomic E-state index is -1.73. The van der Waals surface area contributed by atoms with Crippen LogP contribution in [0.25, 0.3) is 0 Å². The molecule has 0 bridgehead atoms. The highest BCUT2D eigenvalue weighted by atomic mass is 33.1. The Kier molecular flexibility index (Phi) is 22.9. The Morgan fingerprint density at radius 1 is 0.809 bits per heavy atom. The van der Waals surface area contributed by atoms with Gasteiger partial charge in [-0.15, -0.1) is 0 Å².